The minimum Gasteiger partial charge on any atom is -0.318 e. The maximum Gasteiger partial charge on any atom is 0.417 e. The van der Waals surface area contributed by atoms with Crippen molar-refractivity contribution < 1.29 is 13.2 Å². The third-order valence-corrected chi connectivity index (χ3v) is 3.65. The number of thiophene rings is 1. The molecular weight excluding hydrogens is 285 g/mol. The van der Waals surface area contributed by atoms with Crippen molar-refractivity contribution in [2.75, 3.05) is 0 Å². The molecule has 0 spiro atoms. The summed E-state index contributed by atoms with van der Waals surface area (Å²) in [6, 6.07) is 5.10. The molecule has 0 radical (unpaired) electrons. The van der Waals surface area contributed by atoms with Crippen LogP contribution in [-0.2, 0) is 6.18 Å². The van der Waals surface area contributed by atoms with Crippen molar-refractivity contribution >= 4 is 22.9 Å². The fraction of sp³-hybridized carbons (Fsp3) is 0.182. The van der Waals surface area contributed by atoms with E-state index in [0.29, 0.717) is 10.0 Å². The number of nitrogens with two attached hydrogens (primary N) is 1. The quantitative estimate of drug-likeness (QED) is 0.913. The van der Waals surface area contributed by atoms with Gasteiger partial charge in [0, 0.05) is 11.1 Å². The van der Waals surface area contributed by atoms with Gasteiger partial charge >= 0.3 is 6.18 Å². The molecule has 0 aliphatic rings. The van der Waals surface area contributed by atoms with Crippen LogP contribution in [-0.4, -0.2) is 4.98 Å². The first-order chi connectivity index (χ1) is 8.38. The first kappa shape index (κ1) is 13.3. The molecule has 0 aliphatic heterocycles. The van der Waals surface area contributed by atoms with Crippen molar-refractivity contribution in [2.45, 2.75) is 12.2 Å². The highest BCUT2D eigenvalue weighted by atomic mass is 35.5. The van der Waals surface area contributed by atoms with Crippen molar-refractivity contribution in [1.29, 1.82) is 0 Å². The zero-order valence-corrected chi connectivity index (χ0v) is 10.5. The van der Waals surface area contributed by atoms with E-state index in [1.807, 2.05) is 0 Å². The smallest absolute Gasteiger partial charge is 0.318 e. The lowest BCUT2D eigenvalue weighted by Crippen LogP contribution is -2.13. The Morgan fingerprint density at radius 2 is 1.94 bits per heavy atom. The van der Waals surface area contributed by atoms with E-state index < -0.39 is 17.8 Å². The summed E-state index contributed by atoms with van der Waals surface area (Å²) in [6.07, 6.45) is -3.60. The zero-order valence-electron chi connectivity index (χ0n) is 8.91. The van der Waals surface area contributed by atoms with E-state index in [1.54, 1.807) is 12.1 Å². The normalized spacial score (nSPS) is 13.6. The average Bonchev–Trinajstić information content (AvgIpc) is 2.74. The Balaban J connectivity index is 2.24. The molecule has 2 N–H and O–H groups in total. The molecule has 0 saturated carbocycles. The molecule has 2 heterocycles. The van der Waals surface area contributed by atoms with Crippen LogP contribution < -0.4 is 5.73 Å². The first-order valence-corrected chi connectivity index (χ1v) is 6.11. The van der Waals surface area contributed by atoms with Crippen LogP contribution in [0.3, 0.4) is 0 Å². The summed E-state index contributed by atoms with van der Waals surface area (Å²) in [7, 11) is 0. The minimum atomic E-state index is -4.39. The second-order valence-corrected chi connectivity index (χ2v) is 5.34. The number of pyridine rings is 1. The molecule has 0 fully saturated rings. The average molecular weight is 293 g/mol. The summed E-state index contributed by atoms with van der Waals surface area (Å²) in [4.78, 5) is 4.51. The molecular formula is C11H8ClF3N2S. The van der Waals surface area contributed by atoms with Gasteiger partial charge < -0.3 is 5.73 Å². The van der Waals surface area contributed by atoms with E-state index in [9.17, 15) is 13.2 Å². The molecule has 0 aliphatic carbocycles. The fourth-order valence-electron chi connectivity index (χ4n) is 1.40. The van der Waals surface area contributed by atoms with Crippen LogP contribution in [0.2, 0.25) is 4.34 Å². The number of hydrogen-bond acceptors (Lipinski definition) is 3. The summed E-state index contributed by atoms with van der Waals surface area (Å²) in [5, 5.41) is 0. The lowest BCUT2D eigenvalue weighted by molar-refractivity contribution is -0.137. The molecule has 2 aromatic rings. The second kappa shape index (κ2) is 4.87. The largest absolute Gasteiger partial charge is 0.417 e. The predicted octanol–water partition coefficient (Wildman–Crippen LogP) is 3.86. The molecule has 1 atom stereocenters. The van der Waals surface area contributed by atoms with Gasteiger partial charge in [-0.25, -0.2) is 0 Å². The Hall–Kier alpha value is -1.11. The number of hydrogen-bond donors (Lipinski definition) is 1. The van der Waals surface area contributed by atoms with E-state index in [1.165, 1.54) is 17.4 Å². The van der Waals surface area contributed by atoms with Gasteiger partial charge in [-0.3, -0.25) is 4.98 Å². The molecule has 2 nitrogen and oxygen atoms in total. The Morgan fingerprint density at radius 3 is 2.39 bits per heavy atom. The van der Waals surface area contributed by atoms with Gasteiger partial charge in [0.1, 0.15) is 0 Å². The minimum absolute atomic E-state index is 0.376. The molecule has 0 amide bonds. The lowest BCUT2D eigenvalue weighted by Gasteiger charge is -2.11. The molecule has 0 bridgehead atoms. The topological polar surface area (TPSA) is 38.9 Å². The molecule has 0 saturated heterocycles. The molecule has 2 aromatic heterocycles. The molecule has 1 unspecified atom stereocenters. The summed E-state index contributed by atoms with van der Waals surface area (Å²) in [5.41, 5.74) is 5.48. The number of aromatic nitrogens is 1. The Morgan fingerprint density at radius 1 is 1.22 bits per heavy atom. The van der Waals surface area contributed by atoms with Gasteiger partial charge in [0.2, 0.25) is 0 Å². The third kappa shape index (κ3) is 2.82. The van der Waals surface area contributed by atoms with E-state index >= 15 is 0 Å². The van der Waals surface area contributed by atoms with Gasteiger partial charge in [-0.05, 0) is 24.3 Å². The van der Waals surface area contributed by atoms with Gasteiger partial charge in [0.25, 0.3) is 0 Å². The van der Waals surface area contributed by atoms with Crippen LogP contribution in [0, 0.1) is 0 Å². The SMILES string of the molecule is NC(c1ccc(C(F)(F)F)cn1)c1ccc(Cl)s1. The Kier molecular flexibility index (Phi) is 3.61. The van der Waals surface area contributed by atoms with Crippen LogP contribution >= 0.6 is 22.9 Å². The van der Waals surface area contributed by atoms with Crippen LogP contribution in [0.15, 0.2) is 30.5 Å². The van der Waals surface area contributed by atoms with Gasteiger partial charge in [-0.1, -0.05) is 11.6 Å². The molecule has 18 heavy (non-hydrogen) atoms. The van der Waals surface area contributed by atoms with Gasteiger partial charge in [-0.15, -0.1) is 11.3 Å². The van der Waals surface area contributed by atoms with E-state index in [0.717, 1.165) is 17.1 Å². The van der Waals surface area contributed by atoms with Crippen molar-refractivity contribution in [1.82, 2.24) is 4.98 Å². The lowest BCUT2D eigenvalue weighted by atomic mass is 10.1. The number of alkyl halides is 3. The Labute approximate surface area is 110 Å². The highest BCUT2D eigenvalue weighted by molar-refractivity contribution is 7.16. The van der Waals surface area contributed by atoms with Gasteiger partial charge in [-0.2, -0.15) is 13.2 Å². The summed E-state index contributed by atoms with van der Waals surface area (Å²) in [6.45, 7) is 0. The highest BCUT2D eigenvalue weighted by Crippen LogP contribution is 2.31. The number of rotatable bonds is 2. The van der Waals surface area contributed by atoms with E-state index in [4.69, 9.17) is 17.3 Å². The number of halogens is 4. The standard InChI is InChI=1S/C11H8ClF3N2S/c12-9-4-3-8(18-9)10(16)7-2-1-6(5-17-7)11(13,14)15/h1-5,10H,16H2. The van der Waals surface area contributed by atoms with E-state index in [2.05, 4.69) is 4.98 Å². The summed E-state index contributed by atoms with van der Waals surface area (Å²) < 4.78 is 37.7. The van der Waals surface area contributed by atoms with Crippen LogP contribution in [0.5, 0.6) is 0 Å². The summed E-state index contributed by atoms with van der Waals surface area (Å²) >= 11 is 7.05. The maximum atomic E-state index is 12.4. The van der Waals surface area contributed by atoms with Gasteiger partial charge in [0.05, 0.1) is 21.6 Å². The van der Waals surface area contributed by atoms with E-state index in [-0.39, 0.29) is 0 Å². The maximum absolute atomic E-state index is 12.4. The molecule has 2 rings (SSSR count). The van der Waals surface area contributed by atoms with Crippen molar-refractivity contribution in [2.24, 2.45) is 5.73 Å². The zero-order chi connectivity index (χ0) is 13.3. The van der Waals surface area contributed by atoms with Crippen molar-refractivity contribution in [3.05, 3.63) is 50.9 Å². The van der Waals surface area contributed by atoms with Crippen LogP contribution in [0.25, 0.3) is 0 Å². The molecule has 96 valence electrons. The number of nitrogens with zero attached hydrogens (tertiary/aromatic N) is 1. The van der Waals surface area contributed by atoms with Crippen molar-refractivity contribution in [3.8, 4) is 0 Å². The Bertz CT molecular complexity index is 536. The highest BCUT2D eigenvalue weighted by Gasteiger charge is 2.30. The monoisotopic (exact) mass is 292 g/mol. The molecule has 7 heteroatoms. The summed E-state index contributed by atoms with van der Waals surface area (Å²) in [5.74, 6) is 0. The predicted molar refractivity (Wildman–Crippen MR) is 64.6 cm³/mol. The van der Waals surface area contributed by atoms with Gasteiger partial charge in [0.15, 0.2) is 0 Å². The second-order valence-electron chi connectivity index (χ2n) is 3.59. The third-order valence-electron chi connectivity index (χ3n) is 2.33. The van der Waals surface area contributed by atoms with Crippen molar-refractivity contribution in [3.63, 3.8) is 0 Å². The van der Waals surface area contributed by atoms with Crippen LogP contribution in [0.4, 0.5) is 13.2 Å². The molecule has 0 aromatic carbocycles. The van der Waals surface area contributed by atoms with Crippen LogP contribution in [0.1, 0.15) is 22.2 Å². The fourth-order valence-corrected chi connectivity index (χ4v) is 2.47. The first-order valence-electron chi connectivity index (χ1n) is 4.92.